The smallest absolute Gasteiger partial charge is 0.329 e. The van der Waals surface area contributed by atoms with Gasteiger partial charge in [-0.1, -0.05) is 60.2 Å². The molecule has 0 atom stereocenters. The number of hydrogen-bond acceptors (Lipinski definition) is 4. The van der Waals surface area contributed by atoms with E-state index in [1.807, 2.05) is 6.07 Å². The number of nitrogens with zero attached hydrogens (tertiary/aromatic N) is 2. The molecule has 0 radical (unpaired) electrons. The minimum Gasteiger partial charge on any atom is -0.480 e. The van der Waals surface area contributed by atoms with Gasteiger partial charge < -0.3 is 14.9 Å². The molecule has 0 spiro atoms. The van der Waals surface area contributed by atoms with Crippen LogP contribution in [0.4, 0.5) is 0 Å². The van der Waals surface area contributed by atoms with Crippen LogP contribution in [0.1, 0.15) is 43.4 Å². The van der Waals surface area contributed by atoms with E-state index in [1.54, 1.807) is 0 Å². The van der Waals surface area contributed by atoms with Gasteiger partial charge in [-0.2, -0.15) is 5.10 Å². The Morgan fingerprint density at radius 1 is 1.00 bits per heavy atom. The number of aryl methyl sites for hydroxylation is 2. The number of rotatable bonds is 11. The average Bonchev–Trinajstić information content (AvgIpc) is 3.22. The predicted molar refractivity (Wildman–Crippen MR) is 137 cm³/mol. The molecule has 1 heterocycles. The number of aliphatic hydroxyl groups excluding tert-OH is 1. The van der Waals surface area contributed by atoms with Crippen molar-refractivity contribution in [2.45, 2.75) is 52.0 Å². The molecule has 0 saturated heterocycles. The highest BCUT2D eigenvalue weighted by Crippen LogP contribution is 2.38. The Morgan fingerprint density at radius 2 is 1.69 bits per heavy atom. The first-order chi connectivity index (χ1) is 17.0. The van der Waals surface area contributed by atoms with Gasteiger partial charge in [0.2, 0.25) is 0 Å². The van der Waals surface area contributed by atoms with Crippen LogP contribution < -0.4 is 0 Å². The monoisotopic (exact) mass is 476 g/mol. The Hall–Kier alpha value is -2.96. The normalized spacial score (nSPS) is 18.0. The summed E-state index contributed by atoms with van der Waals surface area (Å²) in [6.07, 6.45) is 5.69. The minimum absolute atomic E-state index is 0.148. The van der Waals surface area contributed by atoms with E-state index in [9.17, 15) is 9.90 Å². The van der Waals surface area contributed by atoms with Gasteiger partial charge in [0, 0.05) is 24.3 Å². The summed E-state index contributed by atoms with van der Waals surface area (Å²) in [6, 6.07) is 19.1. The molecule has 1 fully saturated rings. The number of aliphatic hydroxyl groups is 1. The van der Waals surface area contributed by atoms with Crippen LogP contribution in [0.5, 0.6) is 0 Å². The molecular weight excluding hydrogens is 440 g/mol. The molecular formula is C29H36N2O4. The van der Waals surface area contributed by atoms with E-state index in [-0.39, 0.29) is 13.2 Å². The topological polar surface area (TPSA) is 84.6 Å². The Labute approximate surface area is 207 Å². The van der Waals surface area contributed by atoms with Crippen LogP contribution in [-0.2, 0) is 22.5 Å². The molecule has 2 aromatic carbocycles. The number of aromatic nitrogens is 2. The molecule has 4 rings (SSSR count). The van der Waals surface area contributed by atoms with Gasteiger partial charge in [0.25, 0.3) is 0 Å². The lowest BCUT2D eigenvalue weighted by atomic mass is 9.82. The molecule has 1 aliphatic rings. The van der Waals surface area contributed by atoms with Crippen LogP contribution in [0.3, 0.4) is 0 Å². The van der Waals surface area contributed by atoms with Gasteiger partial charge in [-0.15, -0.1) is 0 Å². The van der Waals surface area contributed by atoms with Crippen molar-refractivity contribution in [1.82, 2.24) is 9.78 Å². The molecule has 1 saturated carbocycles. The van der Waals surface area contributed by atoms with E-state index >= 15 is 0 Å². The van der Waals surface area contributed by atoms with Gasteiger partial charge in [-0.3, -0.25) is 4.68 Å². The van der Waals surface area contributed by atoms with Crippen molar-refractivity contribution >= 4 is 5.97 Å². The van der Waals surface area contributed by atoms with Crippen molar-refractivity contribution in [1.29, 1.82) is 0 Å². The Balaban J connectivity index is 1.61. The third-order valence-electron chi connectivity index (χ3n) is 6.96. The lowest BCUT2D eigenvalue weighted by Crippen LogP contribution is -2.23. The highest BCUT2D eigenvalue weighted by Gasteiger charge is 2.26. The SMILES string of the molecule is Cc1ccc(-c2c(-c3ccccc3)c(CCCO)nn2C[C@H]2CC[C@H](COCC(=O)O)CC2)cc1. The Bertz CT molecular complexity index is 1080. The van der Waals surface area contributed by atoms with Crippen molar-refractivity contribution in [3.63, 3.8) is 0 Å². The third kappa shape index (κ3) is 6.59. The van der Waals surface area contributed by atoms with Crippen LogP contribution >= 0.6 is 0 Å². The van der Waals surface area contributed by atoms with Crippen molar-refractivity contribution < 1.29 is 19.7 Å². The zero-order valence-electron chi connectivity index (χ0n) is 20.5. The number of carboxylic acid groups (broad SMARTS) is 1. The minimum atomic E-state index is -0.910. The molecule has 0 aliphatic heterocycles. The number of benzene rings is 2. The molecule has 35 heavy (non-hydrogen) atoms. The molecule has 186 valence electrons. The maximum Gasteiger partial charge on any atom is 0.329 e. The number of hydrogen-bond donors (Lipinski definition) is 2. The molecule has 3 aromatic rings. The zero-order valence-corrected chi connectivity index (χ0v) is 20.5. The summed E-state index contributed by atoms with van der Waals surface area (Å²) in [6.45, 7) is 3.41. The third-order valence-corrected chi connectivity index (χ3v) is 6.96. The second-order valence-electron chi connectivity index (χ2n) is 9.71. The van der Waals surface area contributed by atoms with Gasteiger partial charge in [-0.25, -0.2) is 4.79 Å². The van der Waals surface area contributed by atoms with Gasteiger partial charge in [0.05, 0.1) is 18.0 Å². The largest absolute Gasteiger partial charge is 0.480 e. The average molecular weight is 477 g/mol. The van der Waals surface area contributed by atoms with Crippen molar-refractivity contribution in [2.24, 2.45) is 11.8 Å². The maximum atomic E-state index is 10.7. The lowest BCUT2D eigenvalue weighted by molar-refractivity contribution is -0.142. The van der Waals surface area contributed by atoms with Gasteiger partial charge >= 0.3 is 5.97 Å². The highest BCUT2D eigenvalue weighted by atomic mass is 16.5. The molecule has 1 aromatic heterocycles. The Kier molecular flexibility index (Phi) is 8.72. The first-order valence-electron chi connectivity index (χ1n) is 12.7. The zero-order chi connectivity index (χ0) is 24.6. The summed E-state index contributed by atoms with van der Waals surface area (Å²) in [5, 5.41) is 23.4. The molecule has 0 bridgehead atoms. The predicted octanol–water partition coefficient (Wildman–Crippen LogP) is 5.36. The first-order valence-corrected chi connectivity index (χ1v) is 12.7. The van der Waals surface area contributed by atoms with Gasteiger partial charge in [0.1, 0.15) is 6.61 Å². The van der Waals surface area contributed by atoms with Crippen LogP contribution in [0.15, 0.2) is 54.6 Å². The van der Waals surface area contributed by atoms with E-state index in [0.717, 1.165) is 61.2 Å². The summed E-state index contributed by atoms with van der Waals surface area (Å²) < 4.78 is 7.54. The van der Waals surface area contributed by atoms with Gasteiger partial charge in [0.15, 0.2) is 0 Å². The lowest BCUT2D eigenvalue weighted by Gasteiger charge is -2.28. The second kappa shape index (κ2) is 12.1. The number of carboxylic acids is 1. The maximum absolute atomic E-state index is 10.7. The van der Waals surface area contributed by atoms with Crippen LogP contribution in [0.2, 0.25) is 0 Å². The number of aliphatic carboxylic acids is 1. The van der Waals surface area contributed by atoms with Crippen LogP contribution in [0, 0.1) is 18.8 Å². The van der Waals surface area contributed by atoms with E-state index in [4.69, 9.17) is 14.9 Å². The summed E-state index contributed by atoms with van der Waals surface area (Å²) in [7, 11) is 0. The molecule has 2 N–H and O–H groups in total. The van der Waals surface area contributed by atoms with E-state index < -0.39 is 5.97 Å². The molecule has 6 nitrogen and oxygen atoms in total. The summed E-state index contributed by atoms with van der Waals surface area (Å²) in [5.41, 5.74) is 6.89. The molecule has 6 heteroatoms. The van der Waals surface area contributed by atoms with Crippen LogP contribution in [-0.4, -0.2) is 45.8 Å². The van der Waals surface area contributed by atoms with Crippen molar-refractivity contribution in [3.8, 4) is 22.4 Å². The summed E-state index contributed by atoms with van der Waals surface area (Å²) >= 11 is 0. The fraction of sp³-hybridized carbons (Fsp3) is 0.448. The highest BCUT2D eigenvalue weighted by molar-refractivity contribution is 5.83. The Morgan fingerprint density at radius 3 is 2.34 bits per heavy atom. The van der Waals surface area contributed by atoms with Gasteiger partial charge in [-0.05, 0) is 62.8 Å². The van der Waals surface area contributed by atoms with Crippen LogP contribution in [0.25, 0.3) is 22.4 Å². The first kappa shape index (κ1) is 25.1. The second-order valence-corrected chi connectivity index (χ2v) is 9.71. The summed E-state index contributed by atoms with van der Waals surface area (Å²) in [5.74, 6) is 0.0381. The van der Waals surface area contributed by atoms with E-state index in [2.05, 4.69) is 60.1 Å². The molecule has 0 amide bonds. The molecule has 1 aliphatic carbocycles. The van der Waals surface area contributed by atoms with Crippen molar-refractivity contribution in [2.75, 3.05) is 19.8 Å². The number of carbonyl (C=O) groups is 1. The van der Waals surface area contributed by atoms with Crippen molar-refractivity contribution in [3.05, 3.63) is 65.9 Å². The molecule has 0 unspecified atom stereocenters. The van der Waals surface area contributed by atoms with E-state index in [1.165, 1.54) is 11.1 Å². The fourth-order valence-corrected chi connectivity index (χ4v) is 5.12. The quantitative estimate of drug-likeness (QED) is 0.389. The fourth-order valence-electron chi connectivity index (χ4n) is 5.12. The van der Waals surface area contributed by atoms with E-state index in [0.29, 0.717) is 24.9 Å². The number of ether oxygens (including phenoxy) is 1. The standard InChI is InChI=1S/C29H36N2O4/c1-21-9-15-25(16-10-21)29-28(24-6-3-2-4-7-24)26(8-5-17-32)30-31(29)18-22-11-13-23(14-12-22)19-35-20-27(33)34/h2-4,6-7,9-10,15-16,22-23,32H,5,8,11-14,17-20H2,1H3,(H,33,34)/t22-,23-. The summed E-state index contributed by atoms with van der Waals surface area (Å²) in [4.78, 5) is 10.7.